The van der Waals surface area contributed by atoms with Gasteiger partial charge in [-0.05, 0) is 99.7 Å². The number of nitrogens with one attached hydrogen (secondary N) is 3. The SMILES string of the molecule is CC(=O)c1ccc(NC(=O)C(C)Sc2cccc(NC(=S)Nc3ccc(C(C)=O)cc3)c2)cc1. The lowest BCUT2D eigenvalue weighted by Gasteiger charge is -2.14. The average Bonchev–Trinajstić information content (AvgIpc) is 2.80. The van der Waals surface area contributed by atoms with Crippen LogP contribution < -0.4 is 16.0 Å². The summed E-state index contributed by atoms with van der Waals surface area (Å²) in [6.45, 7) is 4.86. The zero-order valence-electron chi connectivity index (χ0n) is 19.0. The van der Waals surface area contributed by atoms with Crippen LogP contribution in [0.1, 0.15) is 41.5 Å². The van der Waals surface area contributed by atoms with Crippen molar-refractivity contribution in [2.75, 3.05) is 16.0 Å². The summed E-state index contributed by atoms with van der Waals surface area (Å²) in [5.41, 5.74) is 3.45. The van der Waals surface area contributed by atoms with Gasteiger partial charge in [-0.1, -0.05) is 6.07 Å². The molecule has 0 spiro atoms. The van der Waals surface area contributed by atoms with Crippen molar-refractivity contribution in [1.29, 1.82) is 0 Å². The lowest BCUT2D eigenvalue weighted by Crippen LogP contribution is -2.22. The van der Waals surface area contributed by atoms with Gasteiger partial charge in [0.05, 0.1) is 5.25 Å². The quantitative estimate of drug-likeness (QED) is 0.202. The Labute approximate surface area is 208 Å². The van der Waals surface area contributed by atoms with Crippen molar-refractivity contribution >= 4 is 63.6 Å². The molecule has 174 valence electrons. The number of carbonyl (C=O) groups is 3. The fourth-order valence-corrected chi connectivity index (χ4v) is 4.18. The van der Waals surface area contributed by atoms with Gasteiger partial charge in [-0.2, -0.15) is 0 Å². The van der Waals surface area contributed by atoms with Crippen LogP contribution >= 0.6 is 24.0 Å². The van der Waals surface area contributed by atoms with Gasteiger partial charge in [-0.15, -0.1) is 11.8 Å². The summed E-state index contributed by atoms with van der Waals surface area (Å²) in [6, 6.07) is 21.5. The van der Waals surface area contributed by atoms with Gasteiger partial charge in [0, 0.05) is 33.1 Å². The highest BCUT2D eigenvalue weighted by molar-refractivity contribution is 8.00. The fraction of sp³-hybridized carbons (Fsp3) is 0.154. The van der Waals surface area contributed by atoms with Gasteiger partial charge in [0.15, 0.2) is 16.7 Å². The molecule has 0 aliphatic rings. The third-order valence-corrected chi connectivity index (χ3v) is 6.18. The molecule has 0 aliphatic heterocycles. The molecule has 0 saturated carbocycles. The molecule has 1 amide bonds. The number of anilines is 3. The van der Waals surface area contributed by atoms with E-state index in [2.05, 4.69) is 16.0 Å². The monoisotopic (exact) mass is 491 g/mol. The molecule has 0 radical (unpaired) electrons. The van der Waals surface area contributed by atoms with Crippen molar-refractivity contribution in [3.63, 3.8) is 0 Å². The third kappa shape index (κ3) is 7.26. The molecule has 0 fully saturated rings. The van der Waals surface area contributed by atoms with E-state index in [-0.39, 0.29) is 22.7 Å². The van der Waals surface area contributed by atoms with E-state index in [4.69, 9.17) is 12.2 Å². The standard InChI is InChI=1S/C26H25N3O3S2/c1-16(30)19-7-11-21(12-8-19)27-25(32)18(3)34-24-6-4-5-23(15-24)29-26(33)28-22-13-9-20(10-14-22)17(2)31/h4-15,18H,1-3H3,(H,27,32)(H2,28,29,33). The second-order valence-corrected chi connectivity index (χ2v) is 9.45. The molecule has 6 nitrogen and oxygen atoms in total. The minimum absolute atomic E-state index is 0.00960. The van der Waals surface area contributed by atoms with E-state index >= 15 is 0 Å². The molecule has 0 saturated heterocycles. The van der Waals surface area contributed by atoms with Crippen LogP contribution in [0.5, 0.6) is 0 Å². The van der Waals surface area contributed by atoms with Crippen molar-refractivity contribution in [2.45, 2.75) is 30.9 Å². The molecule has 3 aromatic carbocycles. The number of thioether (sulfide) groups is 1. The zero-order valence-corrected chi connectivity index (χ0v) is 20.7. The number of thiocarbonyl (C=S) groups is 1. The van der Waals surface area contributed by atoms with Gasteiger partial charge in [-0.25, -0.2) is 0 Å². The highest BCUT2D eigenvalue weighted by atomic mass is 32.2. The van der Waals surface area contributed by atoms with Gasteiger partial charge < -0.3 is 16.0 Å². The lowest BCUT2D eigenvalue weighted by atomic mass is 10.1. The third-order valence-electron chi connectivity index (χ3n) is 4.88. The minimum Gasteiger partial charge on any atom is -0.332 e. The minimum atomic E-state index is -0.340. The molecule has 1 atom stereocenters. The predicted octanol–water partition coefficient (Wildman–Crippen LogP) is 6.02. The molecule has 3 aromatic rings. The number of rotatable bonds is 8. The van der Waals surface area contributed by atoms with Gasteiger partial charge in [0.25, 0.3) is 0 Å². The average molecular weight is 492 g/mol. The Kier molecular flexibility index (Phi) is 8.56. The molecule has 3 rings (SSSR count). The summed E-state index contributed by atoms with van der Waals surface area (Å²) in [7, 11) is 0. The van der Waals surface area contributed by atoms with Crippen molar-refractivity contribution in [2.24, 2.45) is 0 Å². The van der Waals surface area contributed by atoms with Crippen molar-refractivity contribution in [3.8, 4) is 0 Å². The molecule has 34 heavy (non-hydrogen) atoms. The number of carbonyl (C=O) groups excluding carboxylic acids is 3. The highest BCUT2D eigenvalue weighted by Gasteiger charge is 2.15. The Bertz CT molecular complexity index is 1210. The second kappa shape index (κ2) is 11.6. The number of amides is 1. The van der Waals surface area contributed by atoms with Gasteiger partial charge in [-0.3, -0.25) is 14.4 Å². The number of hydrogen-bond acceptors (Lipinski definition) is 5. The van der Waals surface area contributed by atoms with Crippen LogP contribution in [0.25, 0.3) is 0 Å². The first-order valence-electron chi connectivity index (χ1n) is 10.6. The van der Waals surface area contributed by atoms with Crippen molar-refractivity contribution in [1.82, 2.24) is 0 Å². The summed E-state index contributed by atoms with van der Waals surface area (Å²) in [5.74, 6) is -0.142. The largest absolute Gasteiger partial charge is 0.332 e. The summed E-state index contributed by atoms with van der Waals surface area (Å²) in [5, 5.41) is 9.18. The van der Waals surface area contributed by atoms with Crippen LogP contribution in [0.3, 0.4) is 0 Å². The van der Waals surface area contributed by atoms with Crippen LogP contribution in [-0.2, 0) is 4.79 Å². The van der Waals surface area contributed by atoms with E-state index in [9.17, 15) is 14.4 Å². The number of Topliss-reactive ketones (excluding diaryl/α,β-unsaturated/α-hetero) is 2. The van der Waals surface area contributed by atoms with E-state index in [0.717, 1.165) is 16.3 Å². The number of hydrogen-bond donors (Lipinski definition) is 3. The van der Waals surface area contributed by atoms with Crippen LogP contribution in [0, 0.1) is 0 Å². The smallest absolute Gasteiger partial charge is 0.237 e. The maximum absolute atomic E-state index is 12.6. The maximum Gasteiger partial charge on any atom is 0.237 e. The van der Waals surface area contributed by atoms with Crippen LogP contribution in [0.2, 0.25) is 0 Å². The Morgan fingerprint density at radius 3 is 1.76 bits per heavy atom. The zero-order chi connectivity index (χ0) is 24.7. The molecule has 0 aliphatic carbocycles. The first kappa shape index (κ1) is 25.1. The normalized spacial score (nSPS) is 11.3. The summed E-state index contributed by atoms with van der Waals surface area (Å²) < 4.78 is 0. The van der Waals surface area contributed by atoms with E-state index in [0.29, 0.717) is 21.9 Å². The molecule has 0 heterocycles. The second-order valence-electron chi connectivity index (χ2n) is 7.62. The number of ketones is 2. The highest BCUT2D eigenvalue weighted by Crippen LogP contribution is 2.27. The van der Waals surface area contributed by atoms with E-state index < -0.39 is 0 Å². The van der Waals surface area contributed by atoms with Crippen molar-refractivity contribution < 1.29 is 14.4 Å². The Morgan fingerprint density at radius 1 is 0.735 bits per heavy atom. The van der Waals surface area contributed by atoms with E-state index in [1.807, 2.05) is 31.2 Å². The Morgan fingerprint density at radius 2 is 1.24 bits per heavy atom. The molecular weight excluding hydrogens is 466 g/mol. The maximum atomic E-state index is 12.6. The molecular formula is C26H25N3O3S2. The van der Waals surface area contributed by atoms with Crippen LogP contribution in [0.15, 0.2) is 77.7 Å². The number of benzene rings is 3. The molecule has 1 unspecified atom stereocenters. The topological polar surface area (TPSA) is 87.3 Å². The Balaban J connectivity index is 1.55. The summed E-state index contributed by atoms with van der Waals surface area (Å²) >= 11 is 6.82. The summed E-state index contributed by atoms with van der Waals surface area (Å²) in [4.78, 5) is 36.3. The first-order valence-corrected chi connectivity index (χ1v) is 11.9. The summed E-state index contributed by atoms with van der Waals surface area (Å²) in [6.07, 6.45) is 0. The van der Waals surface area contributed by atoms with Crippen LogP contribution in [0.4, 0.5) is 17.1 Å². The molecule has 0 aromatic heterocycles. The van der Waals surface area contributed by atoms with Gasteiger partial charge in [0.2, 0.25) is 5.91 Å². The lowest BCUT2D eigenvalue weighted by molar-refractivity contribution is -0.115. The fourth-order valence-electron chi connectivity index (χ4n) is 3.02. The molecule has 8 heteroatoms. The Hall–Kier alpha value is -3.49. The van der Waals surface area contributed by atoms with Crippen LogP contribution in [-0.4, -0.2) is 27.8 Å². The van der Waals surface area contributed by atoms with Crippen molar-refractivity contribution in [3.05, 3.63) is 83.9 Å². The van der Waals surface area contributed by atoms with E-state index in [1.54, 1.807) is 48.5 Å². The molecule has 3 N–H and O–H groups in total. The first-order chi connectivity index (χ1) is 16.2. The predicted molar refractivity (Wildman–Crippen MR) is 143 cm³/mol. The van der Waals surface area contributed by atoms with Gasteiger partial charge in [0.1, 0.15) is 0 Å². The molecule has 0 bridgehead atoms. The van der Waals surface area contributed by atoms with E-state index in [1.165, 1.54) is 25.6 Å². The van der Waals surface area contributed by atoms with Gasteiger partial charge >= 0.3 is 0 Å².